The summed E-state index contributed by atoms with van der Waals surface area (Å²) in [6, 6.07) is 32.6. The fourth-order valence-electron chi connectivity index (χ4n) is 9.33. The van der Waals surface area contributed by atoms with E-state index < -0.39 is 27.9 Å². The lowest BCUT2D eigenvalue weighted by Gasteiger charge is -2.48. The van der Waals surface area contributed by atoms with E-state index in [9.17, 15) is 0 Å². The molecule has 0 atom stereocenters. The number of halogens is 2. The minimum absolute atomic E-state index is 0.846. The van der Waals surface area contributed by atoms with Crippen molar-refractivity contribution in [2.45, 2.75) is 83.1 Å². The summed E-state index contributed by atoms with van der Waals surface area (Å²) < 4.78 is 0. The van der Waals surface area contributed by atoms with Crippen LogP contribution in [0, 0.1) is 83.1 Å². The van der Waals surface area contributed by atoms with Gasteiger partial charge in [-0.3, -0.25) is 0 Å². The highest BCUT2D eigenvalue weighted by molar-refractivity contribution is 9.18. The predicted molar refractivity (Wildman–Crippen MR) is 250 cm³/mol. The lowest BCUT2D eigenvalue weighted by Crippen LogP contribution is -2.16. The van der Waals surface area contributed by atoms with E-state index in [1.807, 2.05) is 0 Å². The highest BCUT2D eigenvalue weighted by Crippen LogP contribution is 3.22. The molecule has 0 radical (unpaired) electrons. The maximum Gasteiger partial charge on any atom is 0.0602 e. The lowest BCUT2D eigenvalue weighted by atomic mass is 9.89. The van der Waals surface area contributed by atoms with E-state index in [0.29, 0.717) is 0 Å². The molecular formula is C48H50Cl2P4. The Morgan fingerprint density at radius 1 is 0.315 bits per heavy atom. The van der Waals surface area contributed by atoms with Gasteiger partial charge >= 0.3 is 0 Å². The zero-order chi connectivity index (χ0) is 38.9. The minimum Gasteiger partial charge on any atom is -0.0847 e. The SMILES string of the molecule is Cc1cc(C)c(-c2cccc(-c3c(C)cc(C)cc3C)c2P2P(Cl)P(c3c(-c4c(C)cc(C)cc4C)cccc3-c3c(C)cc(C)cc3C)P2Cl)c(C)c1. The zero-order valence-electron chi connectivity index (χ0n) is 33.6. The summed E-state index contributed by atoms with van der Waals surface area (Å²) in [6.07, 6.45) is 0. The molecular weight excluding hydrogens is 771 g/mol. The summed E-state index contributed by atoms with van der Waals surface area (Å²) in [5.41, 5.74) is 26.2. The molecule has 1 fully saturated rings. The molecule has 1 saturated heterocycles. The molecule has 0 aromatic heterocycles. The molecule has 0 aliphatic carbocycles. The molecule has 6 aromatic carbocycles. The molecule has 0 nitrogen and oxygen atoms in total. The van der Waals surface area contributed by atoms with Crippen LogP contribution in [-0.4, -0.2) is 0 Å². The van der Waals surface area contributed by atoms with Crippen LogP contribution < -0.4 is 10.6 Å². The Morgan fingerprint density at radius 2 is 0.500 bits per heavy atom. The van der Waals surface area contributed by atoms with E-state index in [1.165, 1.54) is 122 Å². The first kappa shape index (κ1) is 39.8. The zero-order valence-corrected chi connectivity index (χ0v) is 38.7. The molecule has 0 amide bonds. The fraction of sp³-hybridized carbons (Fsp3) is 0.250. The number of benzene rings is 6. The largest absolute Gasteiger partial charge is 0.0847 e. The van der Waals surface area contributed by atoms with E-state index in [4.69, 9.17) is 22.5 Å². The van der Waals surface area contributed by atoms with Crippen molar-refractivity contribution in [1.82, 2.24) is 0 Å². The van der Waals surface area contributed by atoms with Gasteiger partial charge in [-0.05, 0) is 172 Å². The lowest BCUT2D eigenvalue weighted by molar-refractivity contribution is 1.31. The minimum atomic E-state index is -0.966. The molecule has 6 aromatic rings. The molecule has 0 N–H and O–H groups in total. The summed E-state index contributed by atoms with van der Waals surface area (Å²) in [5.74, 6) is 0. The summed E-state index contributed by atoms with van der Waals surface area (Å²) in [6.45, 7) is 25.0. The normalized spacial score (nSPS) is 18.2. The van der Waals surface area contributed by atoms with E-state index in [1.54, 1.807) is 0 Å². The van der Waals surface area contributed by atoms with Crippen LogP contribution in [0.1, 0.15) is 66.8 Å². The van der Waals surface area contributed by atoms with Gasteiger partial charge in [-0.25, -0.2) is 0 Å². The third-order valence-corrected chi connectivity index (χ3v) is 47.2. The van der Waals surface area contributed by atoms with Crippen molar-refractivity contribution in [3.63, 3.8) is 0 Å². The van der Waals surface area contributed by atoms with Gasteiger partial charge in [-0.15, -0.1) is 0 Å². The van der Waals surface area contributed by atoms with Gasteiger partial charge in [0.15, 0.2) is 0 Å². The Kier molecular flexibility index (Phi) is 11.4. The smallest absolute Gasteiger partial charge is 0.0602 e. The molecule has 1 heterocycles. The van der Waals surface area contributed by atoms with Gasteiger partial charge in [0.25, 0.3) is 0 Å². The molecule has 1 aliphatic rings. The second-order valence-electron chi connectivity index (χ2n) is 15.6. The van der Waals surface area contributed by atoms with Crippen molar-refractivity contribution in [3.05, 3.63) is 152 Å². The van der Waals surface area contributed by atoms with E-state index >= 15 is 0 Å². The van der Waals surface area contributed by atoms with Gasteiger partial charge in [0.1, 0.15) is 0 Å². The Bertz CT molecular complexity index is 2060. The van der Waals surface area contributed by atoms with Crippen molar-refractivity contribution in [1.29, 1.82) is 0 Å². The first-order valence-electron chi connectivity index (χ1n) is 18.7. The van der Waals surface area contributed by atoms with Crippen LogP contribution in [-0.2, 0) is 0 Å². The molecule has 7 rings (SSSR count). The monoisotopic (exact) mass is 820 g/mol. The second kappa shape index (κ2) is 15.5. The van der Waals surface area contributed by atoms with Crippen LogP contribution in [0.15, 0.2) is 84.9 Å². The summed E-state index contributed by atoms with van der Waals surface area (Å²) in [4.78, 5) is 0. The maximum absolute atomic E-state index is 8.16. The maximum atomic E-state index is 8.16. The third kappa shape index (κ3) is 6.98. The average Bonchev–Trinajstić information content (AvgIpc) is 3.05. The summed E-state index contributed by atoms with van der Waals surface area (Å²) in [7, 11) is -1.69. The quantitative estimate of drug-likeness (QED) is 0.147. The van der Waals surface area contributed by atoms with Crippen molar-refractivity contribution in [2.24, 2.45) is 0 Å². The first-order chi connectivity index (χ1) is 25.6. The standard InChI is InChI=1S/C48H50Cl2P4/c1-27-19-31(5)43(32(6)20-27)39-15-13-16-40(44-33(7)21-28(2)22-34(44)8)47(39)51-53(49)52(54(51)50)48-41(45-35(9)23-29(3)24-36(45)10)17-14-18-42(48)46-37(11)25-30(4)26-38(46)12/h13-26H,1-12H3. The van der Waals surface area contributed by atoms with Crippen LogP contribution in [0.3, 0.4) is 0 Å². The Balaban J connectivity index is 1.51. The Morgan fingerprint density at radius 3 is 0.685 bits per heavy atom. The van der Waals surface area contributed by atoms with E-state index in [-0.39, 0.29) is 0 Å². The molecule has 1 aliphatic heterocycles. The number of hydrogen-bond donors (Lipinski definition) is 0. The van der Waals surface area contributed by atoms with Crippen LogP contribution in [0.4, 0.5) is 0 Å². The highest BCUT2D eigenvalue weighted by atomic mass is 35.7. The van der Waals surface area contributed by atoms with Gasteiger partial charge in [-0.1, -0.05) is 130 Å². The molecule has 54 heavy (non-hydrogen) atoms. The molecule has 276 valence electrons. The van der Waals surface area contributed by atoms with Gasteiger partial charge in [-0.2, -0.15) is 0 Å². The average molecular weight is 822 g/mol. The molecule has 0 saturated carbocycles. The van der Waals surface area contributed by atoms with Gasteiger partial charge in [0, 0.05) is 25.2 Å². The topological polar surface area (TPSA) is 0 Å². The predicted octanol–water partition coefficient (Wildman–Crippen LogP) is 16.9. The van der Waals surface area contributed by atoms with Crippen LogP contribution in [0.5, 0.6) is 0 Å². The van der Waals surface area contributed by atoms with Gasteiger partial charge < -0.3 is 0 Å². The van der Waals surface area contributed by atoms with Gasteiger partial charge in [0.2, 0.25) is 0 Å². The molecule has 6 heteroatoms. The van der Waals surface area contributed by atoms with Gasteiger partial charge in [0.05, 0.1) is 13.3 Å². The van der Waals surface area contributed by atoms with Crippen LogP contribution >= 0.6 is 50.4 Å². The van der Waals surface area contributed by atoms with Crippen molar-refractivity contribution in [2.75, 3.05) is 0 Å². The highest BCUT2D eigenvalue weighted by Gasteiger charge is 2.54. The van der Waals surface area contributed by atoms with Crippen molar-refractivity contribution in [3.8, 4) is 44.5 Å². The second-order valence-corrected chi connectivity index (χ2v) is 36.8. The molecule has 0 unspecified atom stereocenters. The Hall–Kier alpha value is -2.38. The number of hydrogen-bond acceptors (Lipinski definition) is 0. The molecule has 0 bridgehead atoms. The van der Waals surface area contributed by atoms with Crippen molar-refractivity contribution < 1.29 is 0 Å². The fourth-order valence-corrected chi connectivity index (χ4v) is 53.7. The van der Waals surface area contributed by atoms with E-state index in [0.717, 1.165) is 0 Å². The summed E-state index contributed by atoms with van der Waals surface area (Å²) >= 11 is 16.3. The number of rotatable bonds is 6. The van der Waals surface area contributed by atoms with Crippen molar-refractivity contribution >= 4 is 61.0 Å². The number of aryl methyl sites for hydroxylation is 12. The summed E-state index contributed by atoms with van der Waals surface area (Å²) in [5, 5.41) is 2.81. The first-order valence-corrected chi connectivity index (χ1v) is 28.7. The van der Waals surface area contributed by atoms with Crippen LogP contribution in [0.25, 0.3) is 44.5 Å². The van der Waals surface area contributed by atoms with Crippen LogP contribution in [0.2, 0.25) is 0 Å². The Labute approximate surface area is 338 Å². The third-order valence-electron chi connectivity index (χ3n) is 10.9. The van der Waals surface area contributed by atoms with E-state index in [2.05, 4.69) is 168 Å². The molecule has 0 spiro atoms.